The third-order valence-electron chi connectivity index (χ3n) is 3.60. The zero-order chi connectivity index (χ0) is 15.7. The SMILES string of the molecule is CC(NC(=O)NCCCCN(C)C(C)C)C(C)C(=O)O. The summed E-state index contributed by atoms with van der Waals surface area (Å²) in [6.45, 7) is 9.18. The molecule has 6 heteroatoms. The van der Waals surface area contributed by atoms with Gasteiger partial charge in [0.15, 0.2) is 0 Å². The number of hydrogen-bond donors (Lipinski definition) is 3. The summed E-state index contributed by atoms with van der Waals surface area (Å²) in [7, 11) is 2.08. The van der Waals surface area contributed by atoms with Crippen LogP contribution in [-0.4, -0.2) is 54.2 Å². The Morgan fingerprint density at radius 2 is 1.75 bits per heavy atom. The molecular weight excluding hydrogens is 258 g/mol. The van der Waals surface area contributed by atoms with Crippen LogP contribution in [-0.2, 0) is 4.79 Å². The van der Waals surface area contributed by atoms with Gasteiger partial charge in [-0.05, 0) is 54.1 Å². The summed E-state index contributed by atoms with van der Waals surface area (Å²) in [4.78, 5) is 24.6. The highest BCUT2D eigenvalue weighted by molar-refractivity contribution is 5.76. The quantitative estimate of drug-likeness (QED) is 0.562. The third-order valence-corrected chi connectivity index (χ3v) is 3.60. The molecular formula is C14H29N3O3. The van der Waals surface area contributed by atoms with Crippen LogP contribution in [0.15, 0.2) is 0 Å². The predicted molar refractivity (Wildman–Crippen MR) is 79.8 cm³/mol. The molecule has 118 valence electrons. The number of hydrogen-bond acceptors (Lipinski definition) is 3. The molecule has 0 aliphatic rings. The van der Waals surface area contributed by atoms with Gasteiger partial charge in [0.05, 0.1) is 5.92 Å². The number of amides is 2. The Bertz CT molecular complexity index is 308. The first-order valence-electron chi connectivity index (χ1n) is 7.23. The van der Waals surface area contributed by atoms with Crippen LogP contribution in [0.2, 0.25) is 0 Å². The van der Waals surface area contributed by atoms with Gasteiger partial charge in [0, 0.05) is 18.6 Å². The van der Waals surface area contributed by atoms with Gasteiger partial charge < -0.3 is 20.6 Å². The second kappa shape index (κ2) is 9.58. The van der Waals surface area contributed by atoms with E-state index in [0.29, 0.717) is 12.6 Å². The molecule has 0 fully saturated rings. The summed E-state index contributed by atoms with van der Waals surface area (Å²) in [5.74, 6) is -1.50. The molecule has 0 heterocycles. The predicted octanol–water partition coefficient (Wildman–Crippen LogP) is 1.52. The van der Waals surface area contributed by atoms with Crippen molar-refractivity contribution >= 4 is 12.0 Å². The van der Waals surface area contributed by atoms with Crippen LogP contribution in [0.3, 0.4) is 0 Å². The minimum atomic E-state index is -0.908. The summed E-state index contributed by atoms with van der Waals surface area (Å²) in [5.41, 5.74) is 0. The van der Waals surface area contributed by atoms with Crippen LogP contribution >= 0.6 is 0 Å². The van der Waals surface area contributed by atoms with Crippen molar-refractivity contribution in [3.63, 3.8) is 0 Å². The smallest absolute Gasteiger partial charge is 0.315 e. The Kier molecular flexibility index (Phi) is 8.96. The summed E-state index contributed by atoms with van der Waals surface area (Å²) in [5, 5.41) is 14.2. The van der Waals surface area contributed by atoms with Gasteiger partial charge >= 0.3 is 12.0 Å². The molecule has 0 aromatic carbocycles. The van der Waals surface area contributed by atoms with Gasteiger partial charge in [-0.25, -0.2) is 4.79 Å². The van der Waals surface area contributed by atoms with Gasteiger partial charge in [-0.3, -0.25) is 4.79 Å². The molecule has 0 saturated heterocycles. The van der Waals surface area contributed by atoms with Crippen LogP contribution in [0.5, 0.6) is 0 Å². The molecule has 2 amide bonds. The number of carbonyl (C=O) groups excluding carboxylic acids is 1. The van der Waals surface area contributed by atoms with E-state index in [0.717, 1.165) is 19.4 Å². The number of urea groups is 1. The lowest BCUT2D eigenvalue weighted by atomic mass is 10.0. The molecule has 6 nitrogen and oxygen atoms in total. The topological polar surface area (TPSA) is 81.7 Å². The largest absolute Gasteiger partial charge is 0.481 e. The van der Waals surface area contributed by atoms with Gasteiger partial charge in [-0.2, -0.15) is 0 Å². The van der Waals surface area contributed by atoms with E-state index in [9.17, 15) is 9.59 Å². The molecule has 0 rings (SSSR count). The van der Waals surface area contributed by atoms with E-state index in [1.54, 1.807) is 13.8 Å². The Morgan fingerprint density at radius 3 is 2.25 bits per heavy atom. The van der Waals surface area contributed by atoms with Crippen LogP contribution < -0.4 is 10.6 Å². The van der Waals surface area contributed by atoms with Crippen LogP contribution in [0.25, 0.3) is 0 Å². The zero-order valence-electron chi connectivity index (χ0n) is 13.3. The van der Waals surface area contributed by atoms with Gasteiger partial charge in [0.25, 0.3) is 0 Å². The lowest BCUT2D eigenvalue weighted by Crippen LogP contribution is -2.45. The average Bonchev–Trinajstić information content (AvgIpc) is 2.36. The first-order valence-corrected chi connectivity index (χ1v) is 7.23. The van der Waals surface area contributed by atoms with E-state index >= 15 is 0 Å². The van der Waals surface area contributed by atoms with Crippen LogP contribution in [0.4, 0.5) is 4.79 Å². The fourth-order valence-corrected chi connectivity index (χ4v) is 1.54. The number of rotatable bonds is 9. The molecule has 2 atom stereocenters. The van der Waals surface area contributed by atoms with Crippen molar-refractivity contribution in [2.24, 2.45) is 5.92 Å². The van der Waals surface area contributed by atoms with E-state index in [1.807, 2.05) is 0 Å². The van der Waals surface area contributed by atoms with Crippen molar-refractivity contribution in [2.75, 3.05) is 20.1 Å². The van der Waals surface area contributed by atoms with Gasteiger partial charge in [0.2, 0.25) is 0 Å². The van der Waals surface area contributed by atoms with E-state index < -0.39 is 11.9 Å². The Labute approximate surface area is 121 Å². The van der Waals surface area contributed by atoms with E-state index in [1.165, 1.54) is 0 Å². The lowest BCUT2D eigenvalue weighted by molar-refractivity contribution is -0.141. The summed E-state index contributed by atoms with van der Waals surface area (Å²) >= 11 is 0. The zero-order valence-corrected chi connectivity index (χ0v) is 13.3. The number of unbranched alkanes of at least 4 members (excludes halogenated alkanes) is 1. The van der Waals surface area contributed by atoms with E-state index in [4.69, 9.17) is 5.11 Å². The monoisotopic (exact) mass is 287 g/mol. The van der Waals surface area contributed by atoms with E-state index in [2.05, 4.69) is 36.4 Å². The Morgan fingerprint density at radius 1 is 1.15 bits per heavy atom. The molecule has 0 saturated carbocycles. The fraction of sp³-hybridized carbons (Fsp3) is 0.857. The highest BCUT2D eigenvalue weighted by Crippen LogP contribution is 2.02. The maximum atomic E-state index is 11.6. The van der Waals surface area contributed by atoms with Crippen molar-refractivity contribution in [2.45, 2.75) is 52.6 Å². The average molecular weight is 287 g/mol. The summed E-state index contributed by atoms with van der Waals surface area (Å²) in [6.07, 6.45) is 1.93. The van der Waals surface area contributed by atoms with Crippen LogP contribution in [0, 0.1) is 5.92 Å². The Hall–Kier alpha value is -1.30. The van der Waals surface area contributed by atoms with Crippen molar-refractivity contribution in [1.82, 2.24) is 15.5 Å². The van der Waals surface area contributed by atoms with Gasteiger partial charge in [-0.1, -0.05) is 0 Å². The third kappa shape index (κ3) is 7.99. The normalized spacial score (nSPS) is 14.2. The van der Waals surface area contributed by atoms with Gasteiger partial charge in [-0.15, -0.1) is 0 Å². The second-order valence-corrected chi connectivity index (χ2v) is 5.60. The molecule has 2 unspecified atom stereocenters. The number of nitrogens with zero attached hydrogens (tertiary/aromatic N) is 1. The molecule has 0 aliphatic heterocycles. The maximum Gasteiger partial charge on any atom is 0.315 e. The molecule has 0 aromatic heterocycles. The van der Waals surface area contributed by atoms with Crippen molar-refractivity contribution < 1.29 is 14.7 Å². The number of carbonyl (C=O) groups is 2. The minimum absolute atomic E-state index is 0.303. The lowest BCUT2D eigenvalue weighted by Gasteiger charge is -2.21. The van der Waals surface area contributed by atoms with Gasteiger partial charge in [0.1, 0.15) is 0 Å². The van der Waals surface area contributed by atoms with Crippen LogP contribution in [0.1, 0.15) is 40.5 Å². The van der Waals surface area contributed by atoms with Crippen molar-refractivity contribution in [3.8, 4) is 0 Å². The Balaban J connectivity index is 3.71. The molecule has 0 aliphatic carbocycles. The van der Waals surface area contributed by atoms with Crippen molar-refractivity contribution in [3.05, 3.63) is 0 Å². The number of carboxylic acid groups (broad SMARTS) is 1. The highest BCUT2D eigenvalue weighted by atomic mass is 16.4. The molecule has 0 radical (unpaired) electrons. The molecule has 20 heavy (non-hydrogen) atoms. The first kappa shape index (κ1) is 18.7. The van der Waals surface area contributed by atoms with Crippen molar-refractivity contribution in [1.29, 1.82) is 0 Å². The maximum absolute atomic E-state index is 11.6. The second-order valence-electron chi connectivity index (χ2n) is 5.60. The molecule has 0 bridgehead atoms. The summed E-state index contributed by atoms with van der Waals surface area (Å²) in [6, 6.07) is -0.160. The van der Waals surface area contributed by atoms with E-state index in [-0.39, 0.29) is 12.1 Å². The number of nitrogens with one attached hydrogen (secondary N) is 2. The minimum Gasteiger partial charge on any atom is -0.481 e. The molecule has 0 spiro atoms. The fourth-order valence-electron chi connectivity index (χ4n) is 1.54. The highest BCUT2D eigenvalue weighted by Gasteiger charge is 2.20. The first-order chi connectivity index (χ1) is 9.25. The number of carboxylic acids is 1. The summed E-state index contributed by atoms with van der Waals surface area (Å²) < 4.78 is 0. The standard InChI is InChI=1S/C14H29N3O3/c1-10(2)17(5)9-7-6-8-15-14(20)16-12(4)11(3)13(18)19/h10-12H,6-9H2,1-5H3,(H,18,19)(H2,15,16,20). The molecule has 3 N–H and O–H groups in total. The number of aliphatic carboxylic acids is 1. The molecule has 0 aromatic rings.